The molecule has 1 aromatic rings. The summed E-state index contributed by atoms with van der Waals surface area (Å²) in [6, 6.07) is 1.60. The Morgan fingerprint density at radius 3 is 2.62 bits per heavy atom. The van der Waals surface area contributed by atoms with Crippen molar-refractivity contribution in [2.45, 2.75) is 46.1 Å². The minimum Gasteiger partial charge on any atom is -0.481 e. The summed E-state index contributed by atoms with van der Waals surface area (Å²) >= 11 is 6.02. The Bertz CT molecular complexity index is 520. The molecule has 1 heterocycles. The van der Waals surface area contributed by atoms with E-state index < -0.39 is 5.97 Å². The first-order valence-corrected chi connectivity index (χ1v) is 7.35. The molecular formula is C15H21ClN2O3. The molecule has 2 N–H and O–H groups in total. The van der Waals surface area contributed by atoms with E-state index in [1.807, 2.05) is 6.92 Å². The molecule has 5 nitrogen and oxygen atoms in total. The SMILES string of the molecule is Cc1cc(Cl)c(C(=O)NC(C)CCCC(C)C(=O)O)cn1. The number of hydrogen-bond acceptors (Lipinski definition) is 3. The van der Waals surface area contributed by atoms with Gasteiger partial charge < -0.3 is 10.4 Å². The molecule has 0 saturated heterocycles. The highest BCUT2D eigenvalue weighted by molar-refractivity contribution is 6.33. The van der Waals surface area contributed by atoms with Crippen molar-refractivity contribution in [3.63, 3.8) is 0 Å². The summed E-state index contributed by atoms with van der Waals surface area (Å²) in [5, 5.41) is 12.0. The summed E-state index contributed by atoms with van der Waals surface area (Å²) in [4.78, 5) is 26.8. The zero-order valence-electron chi connectivity index (χ0n) is 12.5. The smallest absolute Gasteiger partial charge is 0.306 e. The standard InChI is InChI=1S/C15H21ClN2O3/c1-9(15(20)21)5-4-6-10(2)18-14(19)12-8-17-11(3)7-13(12)16/h7-10H,4-6H2,1-3H3,(H,18,19)(H,20,21). The fraction of sp³-hybridized carbons (Fsp3) is 0.533. The van der Waals surface area contributed by atoms with Gasteiger partial charge in [0.05, 0.1) is 16.5 Å². The van der Waals surface area contributed by atoms with Gasteiger partial charge in [-0.3, -0.25) is 14.6 Å². The van der Waals surface area contributed by atoms with Gasteiger partial charge in [-0.25, -0.2) is 0 Å². The number of aryl methyl sites for hydroxylation is 1. The van der Waals surface area contributed by atoms with Gasteiger partial charge in [0.15, 0.2) is 0 Å². The van der Waals surface area contributed by atoms with Gasteiger partial charge in [0.1, 0.15) is 0 Å². The summed E-state index contributed by atoms with van der Waals surface area (Å²) in [6.07, 6.45) is 3.53. The second kappa shape index (κ2) is 7.98. The van der Waals surface area contributed by atoms with Gasteiger partial charge in [-0.05, 0) is 32.8 Å². The highest BCUT2D eigenvalue weighted by Crippen LogP contribution is 2.16. The van der Waals surface area contributed by atoms with Crippen molar-refractivity contribution in [2.75, 3.05) is 0 Å². The van der Waals surface area contributed by atoms with E-state index in [4.69, 9.17) is 16.7 Å². The molecule has 0 aliphatic carbocycles. The Morgan fingerprint density at radius 2 is 2.05 bits per heavy atom. The Labute approximate surface area is 129 Å². The van der Waals surface area contributed by atoms with E-state index in [0.29, 0.717) is 17.0 Å². The average molecular weight is 313 g/mol. The number of carboxylic acids is 1. The van der Waals surface area contributed by atoms with Crippen molar-refractivity contribution in [1.82, 2.24) is 10.3 Å². The van der Waals surface area contributed by atoms with Crippen molar-refractivity contribution in [3.05, 3.63) is 28.5 Å². The van der Waals surface area contributed by atoms with Gasteiger partial charge in [-0.2, -0.15) is 0 Å². The number of aromatic nitrogens is 1. The monoisotopic (exact) mass is 312 g/mol. The lowest BCUT2D eigenvalue weighted by Crippen LogP contribution is -2.33. The summed E-state index contributed by atoms with van der Waals surface area (Å²) in [5.74, 6) is -1.40. The lowest BCUT2D eigenvalue weighted by atomic mass is 10.0. The molecule has 1 rings (SSSR count). The molecule has 116 valence electrons. The highest BCUT2D eigenvalue weighted by Gasteiger charge is 2.15. The molecule has 0 spiro atoms. The van der Waals surface area contributed by atoms with Crippen LogP contribution in [0.15, 0.2) is 12.3 Å². The predicted molar refractivity (Wildman–Crippen MR) is 81.6 cm³/mol. The summed E-state index contributed by atoms with van der Waals surface area (Å²) in [7, 11) is 0. The normalized spacial score (nSPS) is 13.5. The molecule has 21 heavy (non-hydrogen) atoms. The fourth-order valence-corrected chi connectivity index (χ4v) is 2.21. The van der Waals surface area contributed by atoms with Crippen molar-refractivity contribution in [1.29, 1.82) is 0 Å². The summed E-state index contributed by atoms with van der Waals surface area (Å²) in [6.45, 7) is 5.38. The molecule has 2 atom stereocenters. The third-order valence-electron chi connectivity index (χ3n) is 3.31. The third-order valence-corrected chi connectivity index (χ3v) is 3.62. The molecule has 2 unspecified atom stereocenters. The van der Waals surface area contributed by atoms with E-state index in [1.165, 1.54) is 6.20 Å². The van der Waals surface area contributed by atoms with Crippen LogP contribution in [0.2, 0.25) is 5.02 Å². The van der Waals surface area contributed by atoms with E-state index in [0.717, 1.165) is 18.5 Å². The van der Waals surface area contributed by atoms with Crippen molar-refractivity contribution in [2.24, 2.45) is 5.92 Å². The average Bonchev–Trinajstić information content (AvgIpc) is 2.37. The zero-order chi connectivity index (χ0) is 16.0. The van der Waals surface area contributed by atoms with Crippen LogP contribution in [-0.2, 0) is 4.79 Å². The quantitative estimate of drug-likeness (QED) is 0.811. The number of amides is 1. The van der Waals surface area contributed by atoms with Crippen LogP contribution in [-0.4, -0.2) is 28.0 Å². The molecule has 0 bridgehead atoms. The topological polar surface area (TPSA) is 79.3 Å². The van der Waals surface area contributed by atoms with E-state index in [9.17, 15) is 9.59 Å². The Kier molecular flexibility index (Phi) is 6.62. The fourth-order valence-electron chi connectivity index (χ4n) is 1.92. The molecule has 0 aliphatic rings. The summed E-state index contributed by atoms with van der Waals surface area (Å²) in [5.41, 5.74) is 1.11. The van der Waals surface area contributed by atoms with Crippen LogP contribution in [0.3, 0.4) is 0 Å². The summed E-state index contributed by atoms with van der Waals surface area (Å²) < 4.78 is 0. The van der Waals surface area contributed by atoms with Gasteiger partial charge in [-0.1, -0.05) is 24.9 Å². The first-order valence-electron chi connectivity index (χ1n) is 6.97. The molecule has 0 aliphatic heterocycles. The van der Waals surface area contributed by atoms with Crippen LogP contribution in [0.5, 0.6) is 0 Å². The van der Waals surface area contributed by atoms with Gasteiger partial charge in [0.25, 0.3) is 5.91 Å². The maximum absolute atomic E-state index is 12.1. The molecule has 0 aromatic carbocycles. The molecule has 6 heteroatoms. The minimum absolute atomic E-state index is 0.0455. The number of carboxylic acid groups (broad SMARTS) is 1. The van der Waals surface area contributed by atoms with E-state index in [2.05, 4.69) is 10.3 Å². The molecule has 1 aromatic heterocycles. The van der Waals surface area contributed by atoms with E-state index in [1.54, 1.807) is 19.9 Å². The Morgan fingerprint density at radius 1 is 1.38 bits per heavy atom. The van der Waals surface area contributed by atoms with Crippen molar-refractivity contribution < 1.29 is 14.7 Å². The number of nitrogens with zero attached hydrogens (tertiary/aromatic N) is 1. The van der Waals surface area contributed by atoms with Crippen LogP contribution in [0.1, 0.15) is 49.2 Å². The van der Waals surface area contributed by atoms with Crippen LogP contribution < -0.4 is 5.32 Å². The third kappa shape index (κ3) is 5.71. The number of pyridine rings is 1. The maximum atomic E-state index is 12.1. The van der Waals surface area contributed by atoms with Gasteiger partial charge in [-0.15, -0.1) is 0 Å². The van der Waals surface area contributed by atoms with Crippen LogP contribution in [0.4, 0.5) is 0 Å². The Hall–Kier alpha value is -1.62. The first-order chi connectivity index (χ1) is 9.81. The van der Waals surface area contributed by atoms with Crippen LogP contribution in [0.25, 0.3) is 0 Å². The van der Waals surface area contributed by atoms with Crippen LogP contribution >= 0.6 is 11.6 Å². The number of carbonyl (C=O) groups is 2. The Balaban J connectivity index is 2.45. The minimum atomic E-state index is -0.788. The number of rotatable bonds is 7. The number of halogens is 1. The van der Waals surface area contributed by atoms with E-state index in [-0.39, 0.29) is 17.9 Å². The largest absolute Gasteiger partial charge is 0.481 e. The number of hydrogen-bond donors (Lipinski definition) is 2. The number of carbonyl (C=O) groups excluding carboxylic acids is 1. The van der Waals surface area contributed by atoms with Gasteiger partial charge in [0.2, 0.25) is 0 Å². The second-order valence-electron chi connectivity index (χ2n) is 5.35. The lowest BCUT2D eigenvalue weighted by Gasteiger charge is -2.15. The predicted octanol–water partition coefficient (Wildman–Crippen LogP) is 3.05. The van der Waals surface area contributed by atoms with Gasteiger partial charge in [0, 0.05) is 17.9 Å². The van der Waals surface area contributed by atoms with E-state index >= 15 is 0 Å². The van der Waals surface area contributed by atoms with Crippen molar-refractivity contribution >= 4 is 23.5 Å². The number of nitrogens with one attached hydrogen (secondary N) is 1. The molecule has 1 amide bonds. The molecule has 0 saturated carbocycles. The second-order valence-corrected chi connectivity index (χ2v) is 5.76. The van der Waals surface area contributed by atoms with Crippen LogP contribution in [0, 0.1) is 12.8 Å². The van der Waals surface area contributed by atoms with Gasteiger partial charge >= 0.3 is 5.97 Å². The molecule has 0 radical (unpaired) electrons. The first kappa shape index (κ1) is 17.4. The lowest BCUT2D eigenvalue weighted by molar-refractivity contribution is -0.141. The highest BCUT2D eigenvalue weighted by atomic mass is 35.5. The van der Waals surface area contributed by atoms with Crippen molar-refractivity contribution in [3.8, 4) is 0 Å². The molecular weight excluding hydrogens is 292 g/mol. The molecule has 0 fully saturated rings. The zero-order valence-corrected chi connectivity index (χ0v) is 13.3. The maximum Gasteiger partial charge on any atom is 0.306 e. The number of aliphatic carboxylic acids is 1.